The van der Waals surface area contributed by atoms with Gasteiger partial charge in [-0.25, -0.2) is 0 Å². The van der Waals surface area contributed by atoms with Crippen molar-refractivity contribution in [3.8, 4) is 10.6 Å². The maximum Gasteiger partial charge on any atom is 0.257 e. The average Bonchev–Trinajstić information content (AvgIpc) is 3.02. The van der Waals surface area contributed by atoms with Crippen LogP contribution in [0.1, 0.15) is 28.8 Å². The molecular weight excluding hydrogens is 384 g/mol. The molecule has 2 heterocycles. The Balaban J connectivity index is 1.52. The number of fused-ring (bicyclic) bond motifs is 1. The van der Waals surface area contributed by atoms with E-state index in [1.54, 1.807) is 18.2 Å². The average molecular weight is 399 g/mol. The summed E-state index contributed by atoms with van der Waals surface area (Å²) in [6, 6.07) is 12.6. The molecule has 6 nitrogen and oxygen atoms in total. The molecule has 0 spiro atoms. The van der Waals surface area contributed by atoms with Gasteiger partial charge in [-0.2, -0.15) is 0 Å². The zero-order chi connectivity index (χ0) is 18.8. The molecule has 0 radical (unpaired) electrons. The van der Waals surface area contributed by atoms with Crippen molar-refractivity contribution in [1.29, 1.82) is 0 Å². The monoisotopic (exact) mass is 398 g/mol. The molecule has 1 aliphatic rings. The molecule has 0 saturated carbocycles. The Kier molecular flexibility index (Phi) is 4.87. The number of rotatable bonds is 3. The number of hydrogen-bond acceptors (Lipinski definition) is 5. The summed E-state index contributed by atoms with van der Waals surface area (Å²) in [6.07, 6.45) is 2.01. The fourth-order valence-corrected chi connectivity index (χ4v) is 3.96. The summed E-state index contributed by atoms with van der Waals surface area (Å²) >= 11 is 7.44. The van der Waals surface area contributed by atoms with Gasteiger partial charge in [0.25, 0.3) is 5.91 Å². The molecule has 0 saturated heterocycles. The molecule has 0 bridgehead atoms. The zero-order valence-corrected chi connectivity index (χ0v) is 15.7. The summed E-state index contributed by atoms with van der Waals surface area (Å²) < 4.78 is 0. The molecule has 2 N–H and O–H groups in total. The number of nitrogens with zero attached hydrogens (tertiary/aromatic N) is 2. The molecule has 8 heteroatoms. The Hall–Kier alpha value is -2.77. The van der Waals surface area contributed by atoms with Gasteiger partial charge < -0.3 is 5.32 Å². The van der Waals surface area contributed by atoms with Crippen molar-refractivity contribution in [2.75, 3.05) is 10.6 Å². The third-order valence-electron chi connectivity index (χ3n) is 4.24. The molecule has 0 unspecified atom stereocenters. The van der Waals surface area contributed by atoms with Gasteiger partial charge in [0.05, 0.1) is 5.02 Å². The minimum Gasteiger partial charge on any atom is -0.326 e. The van der Waals surface area contributed by atoms with Crippen molar-refractivity contribution in [2.24, 2.45) is 0 Å². The highest BCUT2D eigenvalue weighted by molar-refractivity contribution is 7.18. The van der Waals surface area contributed by atoms with E-state index in [0.717, 1.165) is 29.7 Å². The van der Waals surface area contributed by atoms with Crippen molar-refractivity contribution in [1.82, 2.24) is 10.2 Å². The molecular formula is C19H15ClN4O2S. The van der Waals surface area contributed by atoms with Crippen molar-refractivity contribution in [2.45, 2.75) is 19.3 Å². The van der Waals surface area contributed by atoms with Gasteiger partial charge in [0.2, 0.25) is 11.0 Å². The van der Waals surface area contributed by atoms with E-state index in [1.807, 2.05) is 24.3 Å². The van der Waals surface area contributed by atoms with Crippen LogP contribution in [-0.2, 0) is 11.2 Å². The Morgan fingerprint density at radius 1 is 1.15 bits per heavy atom. The van der Waals surface area contributed by atoms with E-state index in [1.165, 1.54) is 11.3 Å². The van der Waals surface area contributed by atoms with E-state index in [0.29, 0.717) is 27.1 Å². The van der Waals surface area contributed by atoms with Gasteiger partial charge >= 0.3 is 0 Å². The van der Waals surface area contributed by atoms with Crippen LogP contribution in [0, 0.1) is 0 Å². The van der Waals surface area contributed by atoms with Crippen molar-refractivity contribution in [3.05, 3.63) is 58.6 Å². The fraction of sp³-hybridized carbons (Fsp3) is 0.158. The molecule has 2 aromatic carbocycles. The quantitative estimate of drug-likeness (QED) is 0.685. The van der Waals surface area contributed by atoms with Gasteiger partial charge in [0.15, 0.2) is 5.01 Å². The zero-order valence-electron chi connectivity index (χ0n) is 14.2. The number of hydrogen-bond donors (Lipinski definition) is 2. The molecule has 27 heavy (non-hydrogen) atoms. The predicted molar refractivity (Wildman–Crippen MR) is 106 cm³/mol. The number of halogens is 1. The lowest BCUT2D eigenvalue weighted by atomic mass is 10.0. The molecule has 0 aliphatic carbocycles. The third-order valence-corrected chi connectivity index (χ3v) is 5.44. The van der Waals surface area contributed by atoms with Crippen LogP contribution >= 0.6 is 22.9 Å². The van der Waals surface area contributed by atoms with Gasteiger partial charge in [-0.3, -0.25) is 14.9 Å². The molecule has 0 fully saturated rings. The SMILES string of the molecule is O=C1CCCc2cc(C(=O)Nc3nnc(-c4ccccc4Cl)s3)ccc2N1. The maximum absolute atomic E-state index is 12.6. The smallest absolute Gasteiger partial charge is 0.257 e. The second-order valence-electron chi connectivity index (χ2n) is 6.12. The molecule has 1 aromatic heterocycles. The number of benzene rings is 2. The van der Waals surface area contributed by atoms with Crippen LogP contribution in [0.25, 0.3) is 10.6 Å². The van der Waals surface area contributed by atoms with E-state index in [4.69, 9.17) is 11.6 Å². The van der Waals surface area contributed by atoms with Gasteiger partial charge in [-0.15, -0.1) is 10.2 Å². The van der Waals surface area contributed by atoms with E-state index in [9.17, 15) is 9.59 Å². The topological polar surface area (TPSA) is 84.0 Å². The van der Waals surface area contributed by atoms with E-state index < -0.39 is 0 Å². The summed E-state index contributed by atoms with van der Waals surface area (Å²) in [5.74, 6) is -0.262. The van der Waals surface area contributed by atoms with Crippen molar-refractivity contribution < 1.29 is 9.59 Å². The first kappa shape index (κ1) is 17.6. The number of carbonyl (C=O) groups excluding carboxylic acids is 2. The lowest BCUT2D eigenvalue weighted by Crippen LogP contribution is -2.13. The van der Waals surface area contributed by atoms with Gasteiger partial charge in [0, 0.05) is 23.2 Å². The highest BCUT2D eigenvalue weighted by Gasteiger charge is 2.17. The Bertz CT molecular complexity index is 1030. The highest BCUT2D eigenvalue weighted by Crippen LogP contribution is 2.32. The second kappa shape index (κ2) is 7.46. The predicted octanol–water partition coefficient (Wildman–Crippen LogP) is 4.39. The molecule has 136 valence electrons. The first-order valence-corrected chi connectivity index (χ1v) is 9.62. The van der Waals surface area contributed by atoms with Gasteiger partial charge in [-0.1, -0.05) is 41.1 Å². The maximum atomic E-state index is 12.6. The lowest BCUT2D eigenvalue weighted by molar-refractivity contribution is -0.116. The Morgan fingerprint density at radius 2 is 2.00 bits per heavy atom. The van der Waals surface area contributed by atoms with Crippen LogP contribution in [0.15, 0.2) is 42.5 Å². The number of amides is 2. The summed E-state index contributed by atoms with van der Waals surface area (Å²) in [6.45, 7) is 0. The number of nitrogens with one attached hydrogen (secondary N) is 2. The minimum atomic E-state index is -0.268. The largest absolute Gasteiger partial charge is 0.326 e. The van der Waals surface area contributed by atoms with Crippen LogP contribution in [0.5, 0.6) is 0 Å². The second-order valence-corrected chi connectivity index (χ2v) is 7.50. The standard InChI is InChI=1S/C19H15ClN4O2S/c20-14-6-2-1-5-13(14)18-23-24-19(27-18)22-17(26)12-8-9-15-11(10-12)4-3-7-16(25)21-15/h1-2,5-6,8-10H,3-4,7H2,(H,21,25)(H,22,24,26). The van der Waals surface area contributed by atoms with Crippen LogP contribution in [0.3, 0.4) is 0 Å². The van der Waals surface area contributed by atoms with Crippen LogP contribution in [-0.4, -0.2) is 22.0 Å². The number of anilines is 2. The first-order chi connectivity index (χ1) is 13.1. The van der Waals surface area contributed by atoms with Gasteiger partial charge in [0.1, 0.15) is 0 Å². The van der Waals surface area contributed by atoms with Crippen molar-refractivity contribution >= 4 is 45.6 Å². The molecule has 4 rings (SSSR count). The fourth-order valence-electron chi connectivity index (χ4n) is 2.90. The van der Waals surface area contributed by atoms with Crippen molar-refractivity contribution in [3.63, 3.8) is 0 Å². The number of aryl methyl sites for hydroxylation is 1. The van der Waals surface area contributed by atoms with Crippen LogP contribution in [0.2, 0.25) is 5.02 Å². The summed E-state index contributed by atoms with van der Waals surface area (Å²) in [5.41, 5.74) is 3.02. The Morgan fingerprint density at radius 3 is 2.85 bits per heavy atom. The normalized spacial score (nSPS) is 13.4. The van der Waals surface area contributed by atoms with Crippen LogP contribution < -0.4 is 10.6 Å². The number of aromatic nitrogens is 2. The lowest BCUT2D eigenvalue weighted by Gasteiger charge is -2.08. The summed E-state index contributed by atoms with van der Waals surface area (Å²) in [4.78, 5) is 24.2. The summed E-state index contributed by atoms with van der Waals surface area (Å²) in [7, 11) is 0. The van der Waals surface area contributed by atoms with Crippen LogP contribution in [0.4, 0.5) is 10.8 Å². The third kappa shape index (κ3) is 3.84. The Labute approximate surface area is 164 Å². The molecule has 3 aromatic rings. The van der Waals surface area contributed by atoms with Gasteiger partial charge in [-0.05, 0) is 42.7 Å². The highest BCUT2D eigenvalue weighted by atomic mass is 35.5. The van der Waals surface area contributed by atoms with E-state index in [-0.39, 0.29) is 11.8 Å². The first-order valence-electron chi connectivity index (χ1n) is 8.43. The van der Waals surface area contributed by atoms with E-state index >= 15 is 0 Å². The molecule has 0 atom stereocenters. The van der Waals surface area contributed by atoms with E-state index in [2.05, 4.69) is 20.8 Å². The molecule has 1 aliphatic heterocycles. The minimum absolute atomic E-state index is 0.00640. The number of carbonyl (C=O) groups is 2. The summed E-state index contributed by atoms with van der Waals surface area (Å²) in [5, 5.41) is 15.4. The molecule has 2 amide bonds.